The molecular formula is C10H9F6O2P. The Morgan fingerprint density at radius 1 is 1.00 bits per heavy atom. The molecule has 0 fully saturated rings. The molecule has 1 unspecified atom stereocenters. The van der Waals surface area contributed by atoms with Crippen molar-refractivity contribution < 1.29 is 35.8 Å². The second kappa shape index (κ2) is 5.64. The summed E-state index contributed by atoms with van der Waals surface area (Å²) in [6.07, 6.45) is -9.86. The minimum absolute atomic E-state index is 0.00137. The van der Waals surface area contributed by atoms with Crippen LogP contribution >= 0.6 is 8.38 Å². The molecule has 0 amide bonds. The van der Waals surface area contributed by atoms with E-state index >= 15 is 0 Å². The molecule has 108 valence electrons. The highest BCUT2D eigenvalue weighted by Gasteiger charge is 2.37. The molecule has 1 N–H and O–H groups in total. The molecule has 0 bridgehead atoms. The van der Waals surface area contributed by atoms with Gasteiger partial charge in [-0.1, -0.05) is 0 Å². The predicted octanol–water partition coefficient (Wildman–Crippen LogP) is 3.69. The molecule has 0 aliphatic rings. The van der Waals surface area contributed by atoms with Gasteiger partial charge in [0.15, 0.2) is 0 Å². The van der Waals surface area contributed by atoms with Crippen LogP contribution in [0.3, 0.4) is 0 Å². The van der Waals surface area contributed by atoms with Gasteiger partial charge in [-0.05, 0) is 25.1 Å². The molecule has 1 aromatic rings. The molecule has 1 atom stereocenters. The highest BCUT2D eigenvalue weighted by molar-refractivity contribution is 7.55. The number of alkyl halides is 6. The summed E-state index contributed by atoms with van der Waals surface area (Å²) < 4.78 is 79.7. The normalized spacial score (nSPS) is 14.5. The van der Waals surface area contributed by atoms with Crippen LogP contribution < -0.4 is 5.30 Å². The molecule has 0 aliphatic carbocycles. The van der Waals surface area contributed by atoms with Crippen molar-refractivity contribution in [2.45, 2.75) is 19.3 Å². The monoisotopic (exact) mass is 306 g/mol. The van der Waals surface area contributed by atoms with Crippen LogP contribution in [-0.4, -0.2) is 11.5 Å². The summed E-state index contributed by atoms with van der Waals surface area (Å²) in [7, 11) is -2.50. The number of rotatable bonds is 3. The lowest BCUT2D eigenvalue weighted by atomic mass is 10.1. The SMILES string of the molecule is CCOP(O)c1cc(C(F)(F)F)cc(C(F)(F)F)c1. The second-order valence-electron chi connectivity index (χ2n) is 3.45. The number of benzene rings is 1. The Bertz CT molecular complexity index is 410. The van der Waals surface area contributed by atoms with E-state index in [9.17, 15) is 31.2 Å². The Morgan fingerprint density at radius 3 is 1.74 bits per heavy atom. The number of hydrogen-bond acceptors (Lipinski definition) is 2. The zero-order valence-corrected chi connectivity index (χ0v) is 10.4. The van der Waals surface area contributed by atoms with Crippen molar-refractivity contribution in [3.8, 4) is 0 Å². The molecular weight excluding hydrogens is 297 g/mol. The van der Waals surface area contributed by atoms with E-state index in [-0.39, 0.29) is 12.7 Å². The van der Waals surface area contributed by atoms with Crippen LogP contribution in [0.25, 0.3) is 0 Å². The van der Waals surface area contributed by atoms with Gasteiger partial charge in [-0.25, -0.2) is 0 Å². The summed E-state index contributed by atoms with van der Waals surface area (Å²) in [6.45, 7) is 1.43. The van der Waals surface area contributed by atoms with Crippen LogP contribution in [0.5, 0.6) is 0 Å². The minimum Gasteiger partial charge on any atom is -0.346 e. The fraction of sp³-hybridized carbons (Fsp3) is 0.400. The van der Waals surface area contributed by atoms with Crippen LogP contribution in [0.15, 0.2) is 18.2 Å². The van der Waals surface area contributed by atoms with E-state index in [0.717, 1.165) is 0 Å². The van der Waals surface area contributed by atoms with Gasteiger partial charge in [0.2, 0.25) is 8.38 Å². The van der Waals surface area contributed by atoms with Crippen LogP contribution in [0, 0.1) is 0 Å². The highest BCUT2D eigenvalue weighted by atomic mass is 31.2. The van der Waals surface area contributed by atoms with Crippen molar-refractivity contribution in [1.82, 2.24) is 0 Å². The summed E-state index contributed by atoms with van der Waals surface area (Å²) >= 11 is 0. The first-order chi connectivity index (χ1) is 8.55. The molecule has 9 heteroatoms. The fourth-order valence-electron chi connectivity index (χ4n) is 1.25. The van der Waals surface area contributed by atoms with Crippen molar-refractivity contribution in [3.05, 3.63) is 29.3 Å². The molecule has 0 heterocycles. The zero-order chi connectivity index (χ0) is 14.8. The third-order valence-electron chi connectivity index (χ3n) is 2.04. The Balaban J connectivity index is 3.33. The lowest BCUT2D eigenvalue weighted by Gasteiger charge is -2.16. The average molecular weight is 306 g/mol. The summed E-state index contributed by atoms with van der Waals surface area (Å²) in [6, 6.07) is 0.909. The first kappa shape index (κ1) is 16.2. The van der Waals surface area contributed by atoms with Gasteiger partial charge in [0.05, 0.1) is 17.7 Å². The topological polar surface area (TPSA) is 29.5 Å². The van der Waals surface area contributed by atoms with E-state index in [4.69, 9.17) is 0 Å². The van der Waals surface area contributed by atoms with E-state index in [2.05, 4.69) is 4.52 Å². The van der Waals surface area contributed by atoms with Gasteiger partial charge in [0.25, 0.3) is 0 Å². The number of halogens is 6. The molecule has 0 aromatic heterocycles. The molecule has 2 nitrogen and oxygen atoms in total. The van der Waals surface area contributed by atoms with Gasteiger partial charge in [0.1, 0.15) is 0 Å². The van der Waals surface area contributed by atoms with Gasteiger partial charge in [0, 0.05) is 5.30 Å². The van der Waals surface area contributed by atoms with Crippen LogP contribution in [-0.2, 0) is 16.9 Å². The lowest BCUT2D eigenvalue weighted by Crippen LogP contribution is -2.16. The molecule has 19 heavy (non-hydrogen) atoms. The average Bonchev–Trinajstić information content (AvgIpc) is 2.26. The van der Waals surface area contributed by atoms with E-state index in [0.29, 0.717) is 12.1 Å². The molecule has 0 saturated heterocycles. The second-order valence-corrected chi connectivity index (χ2v) is 4.78. The van der Waals surface area contributed by atoms with Crippen LogP contribution in [0.4, 0.5) is 26.3 Å². The van der Waals surface area contributed by atoms with E-state index in [1.165, 1.54) is 6.92 Å². The Morgan fingerprint density at radius 2 is 1.42 bits per heavy atom. The number of hydrogen-bond donors (Lipinski definition) is 1. The summed E-state index contributed by atoms with van der Waals surface area (Å²) in [5.74, 6) is 0. The quantitative estimate of drug-likeness (QED) is 0.682. The van der Waals surface area contributed by atoms with Gasteiger partial charge in [-0.3, -0.25) is 0 Å². The third-order valence-corrected chi connectivity index (χ3v) is 3.25. The molecule has 0 spiro atoms. The van der Waals surface area contributed by atoms with Gasteiger partial charge in [-0.15, -0.1) is 0 Å². The van der Waals surface area contributed by atoms with Crippen molar-refractivity contribution in [1.29, 1.82) is 0 Å². The maximum Gasteiger partial charge on any atom is 0.416 e. The summed E-state index contributed by atoms with van der Waals surface area (Å²) in [5.41, 5.74) is -2.95. The lowest BCUT2D eigenvalue weighted by molar-refractivity contribution is -0.142. The third kappa shape index (κ3) is 4.33. The van der Waals surface area contributed by atoms with Gasteiger partial charge < -0.3 is 9.42 Å². The highest BCUT2D eigenvalue weighted by Crippen LogP contribution is 2.38. The smallest absolute Gasteiger partial charge is 0.346 e. The molecule has 0 radical (unpaired) electrons. The fourth-order valence-corrected chi connectivity index (χ4v) is 2.14. The van der Waals surface area contributed by atoms with Crippen LogP contribution in [0.2, 0.25) is 0 Å². The Kier molecular flexibility index (Phi) is 4.81. The largest absolute Gasteiger partial charge is 0.416 e. The molecule has 0 saturated carbocycles. The Hall–Kier alpha value is -0.850. The first-order valence-corrected chi connectivity index (χ1v) is 6.18. The van der Waals surface area contributed by atoms with Gasteiger partial charge >= 0.3 is 12.4 Å². The van der Waals surface area contributed by atoms with E-state index in [1.807, 2.05) is 0 Å². The van der Waals surface area contributed by atoms with Gasteiger partial charge in [-0.2, -0.15) is 26.3 Å². The molecule has 1 aromatic carbocycles. The molecule has 1 rings (SSSR count). The van der Waals surface area contributed by atoms with Crippen molar-refractivity contribution in [2.75, 3.05) is 6.61 Å². The van der Waals surface area contributed by atoms with Crippen molar-refractivity contribution in [2.24, 2.45) is 0 Å². The maximum atomic E-state index is 12.5. The molecule has 0 aliphatic heterocycles. The van der Waals surface area contributed by atoms with Crippen LogP contribution in [0.1, 0.15) is 18.1 Å². The van der Waals surface area contributed by atoms with E-state index in [1.54, 1.807) is 0 Å². The predicted molar refractivity (Wildman–Crippen MR) is 56.8 cm³/mol. The van der Waals surface area contributed by atoms with Crippen molar-refractivity contribution >= 4 is 13.7 Å². The zero-order valence-electron chi connectivity index (χ0n) is 9.51. The van der Waals surface area contributed by atoms with Crippen molar-refractivity contribution in [3.63, 3.8) is 0 Å². The first-order valence-electron chi connectivity index (χ1n) is 4.97. The van der Waals surface area contributed by atoms with E-state index < -0.39 is 37.2 Å². The Labute approximate surface area is 105 Å². The summed E-state index contributed by atoms with van der Waals surface area (Å²) in [4.78, 5) is 9.41. The standard InChI is InChI=1S/C10H9F6O2P/c1-2-18-19(17)8-4-6(9(11,12)13)3-7(5-8)10(14,15)16/h3-5,17H,2H2,1H3. The maximum absolute atomic E-state index is 12.5. The summed E-state index contributed by atoms with van der Waals surface area (Å²) in [5, 5.41) is -0.529. The minimum atomic E-state index is -4.93.